The van der Waals surface area contributed by atoms with Gasteiger partial charge in [-0.15, -0.1) is 5.10 Å². The molecule has 18 heavy (non-hydrogen) atoms. The lowest BCUT2D eigenvalue weighted by molar-refractivity contribution is -0.385. The standard InChI is InChI=1S/C10H10ClN5O2/c1-6-3-9(11)13-14-10(6)7(2)15-5-8(4-12-15)16(17)18/h3-5,7H,1-2H3. The van der Waals surface area contributed by atoms with E-state index in [0.29, 0.717) is 10.8 Å². The van der Waals surface area contributed by atoms with Crippen LogP contribution >= 0.6 is 11.6 Å². The zero-order valence-corrected chi connectivity index (χ0v) is 10.5. The summed E-state index contributed by atoms with van der Waals surface area (Å²) in [5.74, 6) is 0. The second-order valence-corrected chi connectivity index (χ2v) is 4.23. The van der Waals surface area contributed by atoms with Gasteiger partial charge in [-0.3, -0.25) is 14.8 Å². The first-order chi connectivity index (χ1) is 8.49. The van der Waals surface area contributed by atoms with Gasteiger partial charge in [0.1, 0.15) is 12.4 Å². The first-order valence-electron chi connectivity index (χ1n) is 5.17. The van der Waals surface area contributed by atoms with E-state index in [-0.39, 0.29) is 11.7 Å². The van der Waals surface area contributed by atoms with Crippen molar-refractivity contribution in [3.05, 3.63) is 45.0 Å². The summed E-state index contributed by atoms with van der Waals surface area (Å²) >= 11 is 5.73. The molecule has 0 saturated heterocycles. The maximum Gasteiger partial charge on any atom is 0.307 e. The molecule has 0 aliphatic rings. The molecule has 0 saturated carbocycles. The molecule has 0 fully saturated rings. The van der Waals surface area contributed by atoms with E-state index in [9.17, 15) is 10.1 Å². The fourth-order valence-electron chi connectivity index (χ4n) is 1.63. The van der Waals surface area contributed by atoms with E-state index in [1.165, 1.54) is 17.1 Å². The van der Waals surface area contributed by atoms with Crippen molar-refractivity contribution in [2.24, 2.45) is 0 Å². The van der Waals surface area contributed by atoms with E-state index in [2.05, 4.69) is 15.3 Å². The number of nitro groups is 1. The summed E-state index contributed by atoms with van der Waals surface area (Å²) in [5, 5.41) is 22.6. The summed E-state index contributed by atoms with van der Waals surface area (Å²) in [7, 11) is 0. The van der Waals surface area contributed by atoms with Gasteiger partial charge in [-0.05, 0) is 25.5 Å². The average Bonchev–Trinajstić information content (AvgIpc) is 2.77. The third-order valence-corrected chi connectivity index (χ3v) is 2.77. The zero-order valence-electron chi connectivity index (χ0n) is 9.74. The molecule has 1 unspecified atom stereocenters. The van der Waals surface area contributed by atoms with Gasteiger partial charge in [-0.25, -0.2) is 0 Å². The third kappa shape index (κ3) is 2.30. The fraction of sp³-hybridized carbons (Fsp3) is 0.300. The van der Waals surface area contributed by atoms with Crippen LogP contribution in [0, 0.1) is 17.0 Å². The number of halogens is 1. The minimum absolute atomic E-state index is 0.0542. The highest BCUT2D eigenvalue weighted by Crippen LogP contribution is 2.21. The molecule has 0 radical (unpaired) electrons. The molecular formula is C10H10ClN5O2. The van der Waals surface area contributed by atoms with Crippen molar-refractivity contribution in [3.8, 4) is 0 Å². The van der Waals surface area contributed by atoms with Gasteiger partial charge in [0.2, 0.25) is 0 Å². The molecule has 2 rings (SSSR count). The van der Waals surface area contributed by atoms with Gasteiger partial charge < -0.3 is 0 Å². The molecule has 8 heteroatoms. The first kappa shape index (κ1) is 12.4. The van der Waals surface area contributed by atoms with Crippen LogP contribution in [0.3, 0.4) is 0 Å². The Bertz CT molecular complexity index is 598. The van der Waals surface area contributed by atoms with Crippen LogP contribution in [-0.4, -0.2) is 24.9 Å². The smallest absolute Gasteiger partial charge is 0.258 e. The lowest BCUT2D eigenvalue weighted by Crippen LogP contribution is -2.11. The first-order valence-corrected chi connectivity index (χ1v) is 5.55. The molecule has 0 spiro atoms. The van der Waals surface area contributed by atoms with Crippen LogP contribution in [0.25, 0.3) is 0 Å². The summed E-state index contributed by atoms with van der Waals surface area (Å²) in [5.41, 5.74) is 1.49. The SMILES string of the molecule is Cc1cc(Cl)nnc1C(C)n1cc([N+](=O)[O-])cn1. The van der Waals surface area contributed by atoms with Crippen molar-refractivity contribution >= 4 is 17.3 Å². The Morgan fingerprint density at radius 1 is 1.50 bits per heavy atom. The van der Waals surface area contributed by atoms with Crippen LogP contribution in [0.4, 0.5) is 5.69 Å². The van der Waals surface area contributed by atoms with Crippen LogP contribution in [0.2, 0.25) is 5.15 Å². The maximum atomic E-state index is 10.6. The van der Waals surface area contributed by atoms with Crippen LogP contribution in [0.1, 0.15) is 24.2 Å². The Balaban J connectivity index is 2.35. The monoisotopic (exact) mass is 267 g/mol. The van der Waals surface area contributed by atoms with Gasteiger partial charge in [-0.2, -0.15) is 10.2 Å². The highest BCUT2D eigenvalue weighted by atomic mass is 35.5. The second-order valence-electron chi connectivity index (χ2n) is 3.85. The third-order valence-electron chi connectivity index (χ3n) is 2.58. The summed E-state index contributed by atoms with van der Waals surface area (Å²) < 4.78 is 1.48. The van der Waals surface area contributed by atoms with Gasteiger partial charge in [0, 0.05) is 0 Å². The number of rotatable bonds is 3. The molecular weight excluding hydrogens is 258 g/mol. The lowest BCUT2D eigenvalue weighted by atomic mass is 10.1. The fourth-order valence-corrected chi connectivity index (χ4v) is 1.84. The van der Waals surface area contributed by atoms with Crippen molar-refractivity contribution < 1.29 is 4.92 Å². The Morgan fingerprint density at radius 3 is 2.78 bits per heavy atom. The lowest BCUT2D eigenvalue weighted by Gasteiger charge is -2.12. The topological polar surface area (TPSA) is 86.7 Å². The van der Waals surface area contributed by atoms with E-state index in [1.54, 1.807) is 6.07 Å². The number of aryl methyl sites for hydroxylation is 1. The molecule has 0 N–H and O–H groups in total. The van der Waals surface area contributed by atoms with E-state index in [0.717, 1.165) is 5.56 Å². The summed E-state index contributed by atoms with van der Waals surface area (Å²) in [4.78, 5) is 10.1. The number of aromatic nitrogens is 4. The van der Waals surface area contributed by atoms with Crippen LogP contribution in [-0.2, 0) is 0 Å². The normalized spacial score (nSPS) is 12.4. The minimum atomic E-state index is -0.489. The molecule has 7 nitrogen and oxygen atoms in total. The van der Waals surface area contributed by atoms with E-state index in [4.69, 9.17) is 11.6 Å². The van der Waals surface area contributed by atoms with Crippen molar-refractivity contribution in [3.63, 3.8) is 0 Å². The summed E-state index contributed by atoms with van der Waals surface area (Å²) in [6, 6.07) is 1.45. The van der Waals surface area contributed by atoms with Gasteiger partial charge in [0.05, 0.1) is 16.7 Å². The summed E-state index contributed by atoms with van der Waals surface area (Å²) in [6.45, 7) is 3.69. The van der Waals surface area contributed by atoms with Gasteiger partial charge in [0.25, 0.3) is 0 Å². The van der Waals surface area contributed by atoms with E-state index >= 15 is 0 Å². The van der Waals surface area contributed by atoms with Crippen molar-refractivity contribution in [2.45, 2.75) is 19.9 Å². The number of nitrogens with zero attached hydrogens (tertiary/aromatic N) is 5. The Kier molecular flexibility index (Phi) is 3.24. The highest BCUT2D eigenvalue weighted by molar-refractivity contribution is 6.29. The van der Waals surface area contributed by atoms with Crippen LogP contribution < -0.4 is 0 Å². The Labute approximate surface area is 108 Å². The Hall–Kier alpha value is -2.02. The van der Waals surface area contributed by atoms with Crippen LogP contribution in [0.5, 0.6) is 0 Å². The van der Waals surface area contributed by atoms with Crippen molar-refractivity contribution in [1.29, 1.82) is 0 Å². The quantitative estimate of drug-likeness (QED) is 0.628. The van der Waals surface area contributed by atoms with Gasteiger partial charge in [0.15, 0.2) is 5.15 Å². The number of hydrogen-bond acceptors (Lipinski definition) is 5. The molecule has 1 atom stereocenters. The molecule has 0 aromatic carbocycles. The molecule has 2 aromatic rings. The molecule has 2 aromatic heterocycles. The largest absolute Gasteiger partial charge is 0.307 e. The molecule has 0 aliphatic carbocycles. The highest BCUT2D eigenvalue weighted by Gasteiger charge is 2.17. The minimum Gasteiger partial charge on any atom is -0.258 e. The molecule has 2 heterocycles. The zero-order chi connectivity index (χ0) is 13.3. The Morgan fingerprint density at radius 2 is 2.22 bits per heavy atom. The second kappa shape index (κ2) is 4.69. The van der Waals surface area contributed by atoms with E-state index < -0.39 is 4.92 Å². The average molecular weight is 268 g/mol. The van der Waals surface area contributed by atoms with Gasteiger partial charge >= 0.3 is 5.69 Å². The molecule has 0 aliphatic heterocycles. The van der Waals surface area contributed by atoms with Gasteiger partial charge in [-0.1, -0.05) is 11.6 Å². The number of hydrogen-bond donors (Lipinski definition) is 0. The summed E-state index contributed by atoms with van der Waals surface area (Å²) in [6.07, 6.45) is 2.57. The van der Waals surface area contributed by atoms with Crippen LogP contribution in [0.15, 0.2) is 18.5 Å². The molecule has 94 valence electrons. The molecule has 0 amide bonds. The maximum absolute atomic E-state index is 10.6. The van der Waals surface area contributed by atoms with Crippen molar-refractivity contribution in [2.75, 3.05) is 0 Å². The molecule has 0 bridgehead atoms. The predicted octanol–water partition coefficient (Wildman–Crippen LogP) is 2.15. The van der Waals surface area contributed by atoms with E-state index in [1.807, 2.05) is 13.8 Å². The van der Waals surface area contributed by atoms with Crippen molar-refractivity contribution in [1.82, 2.24) is 20.0 Å². The predicted molar refractivity (Wildman–Crippen MR) is 64.5 cm³/mol.